The lowest BCUT2D eigenvalue weighted by molar-refractivity contribution is 0.0910. The number of benzene rings is 2. The number of hydrogen-bond donors (Lipinski definition) is 1. The van der Waals surface area contributed by atoms with Crippen LogP contribution in [-0.4, -0.2) is 45.9 Å². The molecule has 0 unspecified atom stereocenters. The number of anilines is 2. The first-order valence-corrected chi connectivity index (χ1v) is 10.7. The number of amides is 1. The number of ether oxygens (including phenoxy) is 1. The van der Waals surface area contributed by atoms with Gasteiger partial charge >= 0.3 is 0 Å². The third-order valence-electron chi connectivity index (χ3n) is 6.02. The summed E-state index contributed by atoms with van der Waals surface area (Å²) in [6, 6.07) is 17.5. The Labute approximate surface area is 186 Å². The largest absolute Gasteiger partial charge is 0.451 e. The molecule has 1 aromatic heterocycles. The maximum absolute atomic E-state index is 13.4. The van der Waals surface area contributed by atoms with Crippen LogP contribution in [0.1, 0.15) is 27.2 Å². The molecule has 0 radical (unpaired) electrons. The molecule has 2 aromatic carbocycles. The molecule has 0 saturated carbocycles. The van der Waals surface area contributed by atoms with E-state index in [-0.39, 0.29) is 12.6 Å². The summed E-state index contributed by atoms with van der Waals surface area (Å²) in [4.78, 5) is 17.4. The summed E-state index contributed by atoms with van der Waals surface area (Å²) < 4.78 is 11.4. The minimum absolute atomic E-state index is 0.144. The number of furan rings is 1. The van der Waals surface area contributed by atoms with Crippen LogP contribution in [0.4, 0.5) is 11.4 Å². The van der Waals surface area contributed by atoms with Crippen molar-refractivity contribution in [3.8, 4) is 17.4 Å². The monoisotopic (exact) mass is 428 g/mol. The number of carbonyl (C=O) groups is 1. The van der Waals surface area contributed by atoms with E-state index in [0.29, 0.717) is 23.5 Å². The van der Waals surface area contributed by atoms with Gasteiger partial charge in [0.05, 0.1) is 17.3 Å². The summed E-state index contributed by atoms with van der Waals surface area (Å²) >= 11 is 0. The van der Waals surface area contributed by atoms with Gasteiger partial charge in [-0.05, 0) is 54.1 Å². The van der Waals surface area contributed by atoms with Crippen LogP contribution in [0.3, 0.4) is 0 Å². The quantitative estimate of drug-likeness (QED) is 0.686. The van der Waals surface area contributed by atoms with Crippen molar-refractivity contribution in [3.63, 3.8) is 0 Å². The molecule has 0 bridgehead atoms. The number of nitriles is 1. The van der Waals surface area contributed by atoms with E-state index in [1.165, 1.54) is 0 Å². The molecule has 1 fully saturated rings. The molecule has 0 aliphatic carbocycles. The van der Waals surface area contributed by atoms with Crippen molar-refractivity contribution in [2.75, 3.05) is 49.8 Å². The van der Waals surface area contributed by atoms with Crippen molar-refractivity contribution in [2.45, 2.75) is 6.42 Å². The Hall–Kier alpha value is -3.60. The molecular formula is C25H24N4O3. The number of methoxy groups -OCH3 is 1. The fraction of sp³-hybridized carbons (Fsp3) is 0.280. The Bertz CT molecular complexity index is 1190. The fourth-order valence-electron chi connectivity index (χ4n) is 4.38. The zero-order valence-electron chi connectivity index (χ0n) is 17.9. The smallest absolute Gasteiger partial charge is 0.296 e. The maximum atomic E-state index is 13.4. The lowest BCUT2D eigenvalue weighted by Crippen LogP contribution is -2.43. The lowest BCUT2D eigenvalue weighted by atomic mass is 10.0. The first kappa shape index (κ1) is 20.3. The second kappa shape index (κ2) is 8.50. The summed E-state index contributed by atoms with van der Waals surface area (Å²) in [7, 11) is 1.58. The maximum Gasteiger partial charge on any atom is 0.296 e. The van der Waals surface area contributed by atoms with Crippen LogP contribution in [0.2, 0.25) is 0 Å². The number of hydrogen-bond acceptors (Lipinski definition) is 6. The topological polar surface area (TPSA) is 81.7 Å². The van der Waals surface area contributed by atoms with Crippen molar-refractivity contribution >= 4 is 17.3 Å². The van der Waals surface area contributed by atoms with E-state index in [1.54, 1.807) is 24.1 Å². The molecule has 2 aliphatic rings. The molecule has 32 heavy (non-hydrogen) atoms. The van der Waals surface area contributed by atoms with Crippen LogP contribution < -0.4 is 15.1 Å². The van der Waals surface area contributed by atoms with Crippen LogP contribution in [0.5, 0.6) is 0 Å². The van der Waals surface area contributed by atoms with Crippen LogP contribution in [0.25, 0.3) is 11.3 Å². The van der Waals surface area contributed by atoms with E-state index >= 15 is 0 Å². The SMILES string of the molecule is COCN1C(=O)c2oc(-c3ccc(C#N)cc3)cc2Cc2cc(N3CCNCC3)ccc21. The van der Waals surface area contributed by atoms with Gasteiger partial charge in [0.25, 0.3) is 5.91 Å². The Morgan fingerprint density at radius 1 is 1.09 bits per heavy atom. The van der Waals surface area contributed by atoms with Gasteiger partial charge in [-0.3, -0.25) is 9.69 Å². The number of rotatable bonds is 4. The van der Waals surface area contributed by atoms with Gasteiger partial charge in [0.2, 0.25) is 0 Å². The second-order valence-electron chi connectivity index (χ2n) is 8.03. The molecule has 7 heteroatoms. The van der Waals surface area contributed by atoms with Gasteiger partial charge < -0.3 is 19.4 Å². The van der Waals surface area contributed by atoms with Gasteiger partial charge in [-0.25, -0.2) is 0 Å². The van der Waals surface area contributed by atoms with Crippen molar-refractivity contribution in [3.05, 3.63) is 71.0 Å². The first-order valence-electron chi connectivity index (χ1n) is 10.7. The van der Waals surface area contributed by atoms with Crippen molar-refractivity contribution < 1.29 is 13.9 Å². The summed E-state index contributed by atoms with van der Waals surface area (Å²) in [6.07, 6.45) is 0.594. The van der Waals surface area contributed by atoms with Crippen LogP contribution in [0.15, 0.2) is 52.9 Å². The van der Waals surface area contributed by atoms with Crippen LogP contribution in [0, 0.1) is 11.3 Å². The highest BCUT2D eigenvalue weighted by atomic mass is 16.5. The van der Waals surface area contributed by atoms with Crippen LogP contribution in [-0.2, 0) is 11.2 Å². The zero-order chi connectivity index (χ0) is 22.1. The number of carbonyl (C=O) groups excluding carboxylic acids is 1. The molecule has 1 saturated heterocycles. The minimum Gasteiger partial charge on any atom is -0.451 e. The average molecular weight is 428 g/mol. The summed E-state index contributed by atoms with van der Waals surface area (Å²) in [5.41, 5.74) is 5.34. The molecule has 1 N–H and O–H groups in total. The number of nitrogens with zero attached hydrogens (tertiary/aromatic N) is 3. The Kier molecular flexibility index (Phi) is 5.39. The van der Waals surface area contributed by atoms with Gasteiger partial charge in [0.15, 0.2) is 5.76 Å². The van der Waals surface area contributed by atoms with Gasteiger partial charge in [-0.1, -0.05) is 0 Å². The number of nitrogens with one attached hydrogen (secondary N) is 1. The molecule has 1 amide bonds. The highest BCUT2D eigenvalue weighted by Crippen LogP contribution is 2.36. The van der Waals surface area contributed by atoms with E-state index in [0.717, 1.165) is 54.2 Å². The molecule has 5 rings (SSSR count). The van der Waals surface area contributed by atoms with Gasteiger partial charge in [-0.2, -0.15) is 5.26 Å². The predicted molar refractivity (Wildman–Crippen MR) is 122 cm³/mol. The van der Waals surface area contributed by atoms with Gasteiger partial charge in [0, 0.05) is 56.5 Å². The third kappa shape index (κ3) is 3.64. The lowest BCUT2D eigenvalue weighted by Gasteiger charge is -2.30. The summed E-state index contributed by atoms with van der Waals surface area (Å²) in [5, 5.41) is 12.4. The average Bonchev–Trinajstić information content (AvgIpc) is 3.22. The minimum atomic E-state index is -0.213. The van der Waals surface area contributed by atoms with E-state index in [4.69, 9.17) is 14.4 Å². The second-order valence-corrected chi connectivity index (χ2v) is 8.03. The molecule has 3 aromatic rings. The molecule has 0 spiro atoms. The van der Waals surface area contributed by atoms with Crippen molar-refractivity contribution in [1.29, 1.82) is 5.26 Å². The molecule has 162 valence electrons. The van der Waals surface area contributed by atoms with E-state index in [1.807, 2.05) is 24.3 Å². The van der Waals surface area contributed by atoms with Crippen LogP contribution >= 0.6 is 0 Å². The predicted octanol–water partition coefficient (Wildman–Crippen LogP) is 3.38. The Balaban J connectivity index is 1.55. The summed E-state index contributed by atoms with van der Waals surface area (Å²) in [6.45, 7) is 3.99. The highest BCUT2D eigenvalue weighted by Gasteiger charge is 2.31. The molecular weight excluding hydrogens is 404 g/mol. The van der Waals surface area contributed by atoms with E-state index in [9.17, 15) is 4.79 Å². The van der Waals surface area contributed by atoms with E-state index < -0.39 is 0 Å². The summed E-state index contributed by atoms with van der Waals surface area (Å²) in [5.74, 6) is 0.740. The van der Waals surface area contributed by atoms with Gasteiger partial charge in [0.1, 0.15) is 12.5 Å². The standard InChI is InChI=1S/C25H24N4O3/c1-31-16-29-22-7-6-21(28-10-8-27-9-11-28)13-19(22)12-20-14-23(32-24(20)25(29)30)18-4-2-17(15-26)3-5-18/h2-7,13-14,27H,8-12,16H2,1H3. The van der Waals surface area contributed by atoms with Crippen molar-refractivity contribution in [1.82, 2.24) is 5.32 Å². The number of fused-ring (bicyclic) bond motifs is 2. The molecule has 7 nitrogen and oxygen atoms in total. The van der Waals surface area contributed by atoms with Gasteiger partial charge in [-0.15, -0.1) is 0 Å². The molecule has 0 atom stereocenters. The normalized spacial score (nSPS) is 15.7. The highest BCUT2D eigenvalue weighted by molar-refractivity contribution is 6.07. The zero-order valence-corrected chi connectivity index (χ0v) is 17.9. The number of piperazine rings is 1. The fourth-order valence-corrected chi connectivity index (χ4v) is 4.38. The molecule has 3 heterocycles. The first-order chi connectivity index (χ1) is 15.7. The van der Waals surface area contributed by atoms with E-state index in [2.05, 4.69) is 28.4 Å². The Morgan fingerprint density at radius 2 is 1.88 bits per heavy atom. The van der Waals surface area contributed by atoms with Crippen molar-refractivity contribution in [2.24, 2.45) is 0 Å². The Morgan fingerprint density at radius 3 is 2.59 bits per heavy atom. The molecule has 2 aliphatic heterocycles. The third-order valence-corrected chi connectivity index (χ3v) is 6.02.